The molecule has 0 saturated carbocycles. The number of benzene rings is 3. The third-order valence-corrected chi connectivity index (χ3v) is 8.25. The Morgan fingerprint density at radius 3 is 2.48 bits per heavy atom. The summed E-state index contributed by atoms with van der Waals surface area (Å²) in [6.45, 7) is 6.75. The van der Waals surface area contributed by atoms with Crippen LogP contribution >= 0.6 is 11.6 Å². The fourth-order valence-corrected chi connectivity index (χ4v) is 5.84. The number of sulfonamides is 1. The molecule has 0 bridgehead atoms. The lowest BCUT2D eigenvalue weighted by atomic mass is 9.98. The minimum absolute atomic E-state index is 0.0605. The molecule has 0 spiro atoms. The van der Waals surface area contributed by atoms with Crippen molar-refractivity contribution in [2.45, 2.75) is 44.6 Å². The quantitative estimate of drug-likeness (QED) is 0.502. The Morgan fingerprint density at radius 2 is 1.76 bits per heavy atom. The van der Waals surface area contributed by atoms with Gasteiger partial charge in [0.15, 0.2) is 0 Å². The zero-order valence-corrected chi connectivity index (χ0v) is 20.5. The van der Waals surface area contributed by atoms with E-state index >= 15 is 0 Å². The van der Waals surface area contributed by atoms with E-state index < -0.39 is 15.9 Å². The highest BCUT2D eigenvalue weighted by Crippen LogP contribution is 2.30. The number of hydrogen-bond donors (Lipinski definition) is 1. The summed E-state index contributed by atoms with van der Waals surface area (Å²) >= 11 is 6.33. The molecular formula is C26H27ClN2O3S. The van der Waals surface area contributed by atoms with E-state index in [1.54, 1.807) is 0 Å². The predicted octanol–water partition coefficient (Wildman–Crippen LogP) is 5.77. The zero-order valence-electron chi connectivity index (χ0n) is 18.9. The molecule has 3 aromatic carbocycles. The topological polar surface area (TPSA) is 66.5 Å². The number of carbonyl (C=O) groups is 1. The zero-order chi connectivity index (χ0) is 23.8. The molecule has 3 aromatic rings. The van der Waals surface area contributed by atoms with Crippen LogP contribution in [0.25, 0.3) is 0 Å². The normalized spacial score (nSPS) is 14.2. The van der Waals surface area contributed by atoms with Crippen molar-refractivity contribution < 1.29 is 13.2 Å². The first-order chi connectivity index (χ1) is 15.7. The molecule has 0 fully saturated rings. The van der Waals surface area contributed by atoms with Crippen molar-refractivity contribution in [2.24, 2.45) is 0 Å². The summed E-state index contributed by atoms with van der Waals surface area (Å²) in [6.07, 6.45) is 0.654. The molecule has 172 valence electrons. The molecule has 1 amide bonds. The summed E-state index contributed by atoms with van der Waals surface area (Å²) in [7, 11) is -3.79. The van der Waals surface area contributed by atoms with Crippen LogP contribution in [0.2, 0.25) is 5.02 Å². The fraction of sp³-hybridized carbons (Fsp3) is 0.269. The Morgan fingerprint density at radius 1 is 1.03 bits per heavy atom. The van der Waals surface area contributed by atoms with Crippen molar-refractivity contribution in [3.63, 3.8) is 0 Å². The monoisotopic (exact) mass is 482 g/mol. The Bertz CT molecular complexity index is 1320. The smallest absolute Gasteiger partial charge is 0.257 e. The van der Waals surface area contributed by atoms with E-state index in [0.717, 1.165) is 22.4 Å². The van der Waals surface area contributed by atoms with E-state index in [0.29, 0.717) is 19.5 Å². The second-order valence-corrected chi connectivity index (χ2v) is 11.0. The van der Waals surface area contributed by atoms with Gasteiger partial charge in [0.2, 0.25) is 10.0 Å². The van der Waals surface area contributed by atoms with Gasteiger partial charge in [-0.05, 0) is 59.7 Å². The molecule has 5 nitrogen and oxygen atoms in total. The van der Waals surface area contributed by atoms with Crippen molar-refractivity contribution in [3.8, 4) is 0 Å². The standard InChI is InChI=1S/C26H27ClN2O3S/c1-17(2)22-10-6-7-18(3)25(22)28-26(30)23-15-21(11-12-24(23)27)33(31,32)29-14-13-19-8-4-5-9-20(19)16-29/h4-12,15,17H,13-14,16H2,1-3H3,(H,28,30). The second kappa shape index (κ2) is 9.29. The number of carbonyl (C=O) groups excluding carboxylic acids is 1. The van der Waals surface area contributed by atoms with Gasteiger partial charge >= 0.3 is 0 Å². The number of para-hydroxylation sites is 1. The number of nitrogens with zero attached hydrogens (tertiary/aromatic N) is 1. The van der Waals surface area contributed by atoms with Crippen LogP contribution in [-0.4, -0.2) is 25.2 Å². The largest absolute Gasteiger partial charge is 0.321 e. The Balaban J connectivity index is 1.64. The molecule has 0 aromatic heterocycles. The van der Waals surface area contributed by atoms with Gasteiger partial charge in [0.05, 0.1) is 15.5 Å². The minimum Gasteiger partial charge on any atom is -0.321 e. The molecule has 4 rings (SSSR count). The van der Waals surface area contributed by atoms with E-state index in [1.807, 2.05) is 49.4 Å². The average molecular weight is 483 g/mol. The predicted molar refractivity (Wildman–Crippen MR) is 132 cm³/mol. The number of amides is 1. The highest BCUT2D eigenvalue weighted by molar-refractivity contribution is 7.89. The van der Waals surface area contributed by atoms with E-state index in [-0.39, 0.29) is 21.4 Å². The van der Waals surface area contributed by atoms with Gasteiger partial charge in [-0.1, -0.05) is 67.9 Å². The molecule has 1 aliphatic rings. The van der Waals surface area contributed by atoms with Crippen LogP contribution in [0.4, 0.5) is 5.69 Å². The average Bonchev–Trinajstić information content (AvgIpc) is 2.80. The van der Waals surface area contributed by atoms with Gasteiger partial charge in [-0.3, -0.25) is 4.79 Å². The van der Waals surface area contributed by atoms with Gasteiger partial charge < -0.3 is 5.32 Å². The first-order valence-corrected chi connectivity index (χ1v) is 12.8. The highest BCUT2D eigenvalue weighted by atomic mass is 35.5. The van der Waals surface area contributed by atoms with E-state index in [9.17, 15) is 13.2 Å². The third kappa shape index (κ3) is 4.69. The number of rotatable bonds is 5. The SMILES string of the molecule is Cc1cccc(C(C)C)c1NC(=O)c1cc(S(=O)(=O)N2CCc3ccccc3C2)ccc1Cl. The van der Waals surface area contributed by atoms with Crippen LogP contribution in [-0.2, 0) is 23.0 Å². The van der Waals surface area contributed by atoms with Crippen molar-refractivity contribution >= 4 is 33.2 Å². The van der Waals surface area contributed by atoms with Crippen LogP contribution < -0.4 is 5.32 Å². The Kier molecular flexibility index (Phi) is 6.61. The van der Waals surface area contributed by atoms with Crippen LogP contribution in [0.5, 0.6) is 0 Å². The molecule has 1 heterocycles. The number of hydrogen-bond acceptors (Lipinski definition) is 3. The molecule has 33 heavy (non-hydrogen) atoms. The maximum absolute atomic E-state index is 13.4. The van der Waals surface area contributed by atoms with Crippen LogP contribution in [0.1, 0.15) is 52.4 Å². The molecule has 0 radical (unpaired) electrons. The van der Waals surface area contributed by atoms with Gasteiger partial charge in [-0.15, -0.1) is 0 Å². The number of fused-ring (bicyclic) bond motifs is 1. The van der Waals surface area contributed by atoms with Crippen molar-refractivity contribution in [3.05, 3.63) is 93.5 Å². The lowest BCUT2D eigenvalue weighted by molar-refractivity contribution is 0.102. The fourth-order valence-electron chi connectivity index (χ4n) is 4.19. The summed E-state index contributed by atoms with van der Waals surface area (Å²) < 4.78 is 28.2. The summed E-state index contributed by atoms with van der Waals surface area (Å²) in [6, 6.07) is 18.0. The molecular weight excluding hydrogens is 456 g/mol. The maximum Gasteiger partial charge on any atom is 0.257 e. The van der Waals surface area contributed by atoms with Gasteiger partial charge in [0, 0.05) is 18.8 Å². The Hall–Kier alpha value is -2.67. The van der Waals surface area contributed by atoms with Gasteiger partial charge in [0.25, 0.3) is 5.91 Å². The third-order valence-electron chi connectivity index (χ3n) is 6.08. The lowest BCUT2D eigenvalue weighted by Crippen LogP contribution is -2.36. The lowest BCUT2D eigenvalue weighted by Gasteiger charge is -2.28. The molecule has 1 N–H and O–H groups in total. The van der Waals surface area contributed by atoms with Crippen LogP contribution in [0.3, 0.4) is 0 Å². The number of nitrogens with one attached hydrogen (secondary N) is 1. The van der Waals surface area contributed by atoms with Gasteiger partial charge in [-0.2, -0.15) is 4.31 Å². The van der Waals surface area contributed by atoms with E-state index in [2.05, 4.69) is 19.2 Å². The van der Waals surface area contributed by atoms with Crippen molar-refractivity contribution in [2.75, 3.05) is 11.9 Å². The first-order valence-electron chi connectivity index (χ1n) is 11.0. The van der Waals surface area contributed by atoms with Crippen molar-refractivity contribution in [1.82, 2.24) is 4.31 Å². The molecule has 1 aliphatic heterocycles. The maximum atomic E-state index is 13.4. The molecule has 0 saturated heterocycles. The minimum atomic E-state index is -3.79. The van der Waals surface area contributed by atoms with Gasteiger partial charge in [-0.25, -0.2) is 8.42 Å². The second-order valence-electron chi connectivity index (χ2n) is 8.65. The Labute approximate surface area is 200 Å². The molecule has 7 heteroatoms. The summed E-state index contributed by atoms with van der Waals surface area (Å²) in [5.74, 6) is -0.221. The molecule has 0 unspecified atom stereocenters. The van der Waals surface area contributed by atoms with E-state index in [1.165, 1.54) is 28.1 Å². The van der Waals surface area contributed by atoms with Gasteiger partial charge in [0.1, 0.15) is 0 Å². The summed E-state index contributed by atoms with van der Waals surface area (Å²) in [4.78, 5) is 13.2. The highest BCUT2D eigenvalue weighted by Gasteiger charge is 2.29. The van der Waals surface area contributed by atoms with Crippen LogP contribution in [0.15, 0.2) is 65.6 Å². The summed E-state index contributed by atoms with van der Waals surface area (Å²) in [5.41, 5.74) is 4.97. The van der Waals surface area contributed by atoms with Crippen LogP contribution in [0, 0.1) is 6.92 Å². The summed E-state index contributed by atoms with van der Waals surface area (Å²) in [5, 5.41) is 3.16. The molecule has 0 atom stereocenters. The number of anilines is 1. The van der Waals surface area contributed by atoms with Crippen molar-refractivity contribution in [1.29, 1.82) is 0 Å². The van der Waals surface area contributed by atoms with E-state index in [4.69, 9.17) is 11.6 Å². The molecule has 0 aliphatic carbocycles. The first kappa shape index (κ1) is 23.5. The number of halogens is 1. The number of aryl methyl sites for hydroxylation is 1.